The van der Waals surface area contributed by atoms with E-state index >= 15 is 0 Å². The molecule has 114 valence electrons. The van der Waals surface area contributed by atoms with Crippen molar-refractivity contribution in [3.05, 3.63) is 35.9 Å². The number of aromatic hydroxyl groups is 1. The van der Waals surface area contributed by atoms with E-state index in [-0.39, 0.29) is 17.1 Å². The maximum atomic E-state index is 12.5. The fraction of sp³-hybridized carbons (Fsp3) is 0.471. The third-order valence-corrected chi connectivity index (χ3v) is 4.17. The molecule has 3 N–H and O–H groups in total. The number of carbonyl (C=O) groups is 1. The quantitative estimate of drug-likeness (QED) is 0.579. The van der Waals surface area contributed by atoms with Crippen LogP contribution in [0.3, 0.4) is 0 Å². The first kappa shape index (κ1) is 15.6. The van der Waals surface area contributed by atoms with Gasteiger partial charge in [-0.3, -0.25) is 4.79 Å². The zero-order valence-electron chi connectivity index (χ0n) is 12.8. The Balaban J connectivity index is 2.16. The first-order chi connectivity index (χ1) is 9.79. The summed E-state index contributed by atoms with van der Waals surface area (Å²) in [5.41, 5.74) is 1.42. The molecule has 21 heavy (non-hydrogen) atoms. The summed E-state index contributed by atoms with van der Waals surface area (Å²) in [5.74, 6) is -0.495. The van der Waals surface area contributed by atoms with Gasteiger partial charge in [-0.05, 0) is 49.4 Å². The van der Waals surface area contributed by atoms with E-state index in [1.165, 1.54) is 12.1 Å². The lowest BCUT2D eigenvalue weighted by Crippen LogP contribution is -2.41. The summed E-state index contributed by atoms with van der Waals surface area (Å²) in [4.78, 5) is 12.5. The van der Waals surface area contributed by atoms with Gasteiger partial charge in [0.25, 0.3) is 0 Å². The Morgan fingerprint density at radius 2 is 1.90 bits per heavy atom. The molecule has 0 heterocycles. The summed E-state index contributed by atoms with van der Waals surface area (Å²) >= 11 is 0. The molecule has 1 amide bonds. The second-order valence-electron chi connectivity index (χ2n) is 6.53. The molecule has 0 bridgehead atoms. The van der Waals surface area contributed by atoms with Gasteiger partial charge in [0.05, 0.1) is 12.0 Å². The highest BCUT2D eigenvalue weighted by molar-refractivity contribution is 5.93. The van der Waals surface area contributed by atoms with Gasteiger partial charge in [0.2, 0.25) is 5.91 Å². The number of phenolic OH excluding ortho intramolecular Hbond substituents is 1. The zero-order chi connectivity index (χ0) is 15.6. The number of aliphatic hydroxyl groups is 1. The number of phenols is 1. The average molecular weight is 289 g/mol. The van der Waals surface area contributed by atoms with Crippen molar-refractivity contribution in [2.24, 2.45) is 11.3 Å². The fourth-order valence-electron chi connectivity index (χ4n) is 2.66. The van der Waals surface area contributed by atoms with Crippen LogP contribution in [0.5, 0.6) is 5.75 Å². The first-order valence-corrected chi connectivity index (χ1v) is 7.23. The van der Waals surface area contributed by atoms with Crippen molar-refractivity contribution in [2.45, 2.75) is 39.7 Å². The Kier molecular flexibility index (Phi) is 4.37. The van der Waals surface area contributed by atoms with Crippen LogP contribution in [-0.4, -0.2) is 22.2 Å². The molecule has 1 unspecified atom stereocenters. The Bertz CT molecular complexity index is 546. The van der Waals surface area contributed by atoms with Crippen molar-refractivity contribution in [3.63, 3.8) is 0 Å². The van der Waals surface area contributed by atoms with Gasteiger partial charge in [-0.1, -0.05) is 25.5 Å². The van der Waals surface area contributed by atoms with Crippen molar-refractivity contribution in [3.8, 4) is 5.75 Å². The van der Waals surface area contributed by atoms with Gasteiger partial charge in [-0.15, -0.1) is 0 Å². The number of allylic oxidation sites excluding steroid dienone is 2. The van der Waals surface area contributed by atoms with E-state index in [4.69, 9.17) is 0 Å². The van der Waals surface area contributed by atoms with Crippen LogP contribution in [0.1, 0.15) is 33.6 Å². The number of aliphatic hydroxyl groups excluding tert-OH is 1. The molecule has 0 fully saturated rings. The molecule has 2 atom stereocenters. The zero-order valence-corrected chi connectivity index (χ0v) is 12.8. The van der Waals surface area contributed by atoms with Crippen LogP contribution < -0.4 is 5.32 Å². The summed E-state index contributed by atoms with van der Waals surface area (Å²) < 4.78 is 0. The predicted octanol–water partition coefficient (Wildman–Crippen LogP) is 3.07. The molecule has 0 radical (unpaired) electrons. The van der Waals surface area contributed by atoms with Gasteiger partial charge in [0, 0.05) is 5.69 Å². The number of carbonyl (C=O) groups excluding carboxylic acids is 1. The highest BCUT2D eigenvalue weighted by Crippen LogP contribution is 2.37. The first-order valence-electron chi connectivity index (χ1n) is 7.23. The van der Waals surface area contributed by atoms with E-state index < -0.39 is 12.0 Å². The van der Waals surface area contributed by atoms with Gasteiger partial charge < -0.3 is 15.5 Å². The Labute approximate surface area is 125 Å². The molecule has 4 heteroatoms. The number of anilines is 1. The number of nitrogens with one attached hydrogen (secondary N) is 1. The Hall–Kier alpha value is -1.81. The number of amides is 1. The molecule has 1 aliphatic rings. The minimum absolute atomic E-state index is 0.155. The fourth-order valence-corrected chi connectivity index (χ4v) is 2.66. The summed E-state index contributed by atoms with van der Waals surface area (Å²) in [6.45, 7) is 5.95. The molecule has 0 aliphatic heterocycles. The molecule has 0 aromatic heterocycles. The van der Waals surface area contributed by atoms with Crippen LogP contribution in [0, 0.1) is 11.3 Å². The van der Waals surface area contributed by atoms with Crippen molar-refractivity contribution in [1.29, 1.82) is 0 Å². The topological polar surface area (TPSA) is 69.6 Å². The van der Waals surface area contributed by atoms with Crippen LogP contribution in [0.4, 0.5) is 5.69 Å². The lowest BCUT2D eigenvalue weighted by molar-refractivity contribution is -0.126. The highest BCUT2D eigenvalue weighted by atomic mass is 16.3. The van der Waals surface area contributed by atoms with Crippen LogP contribution in [0.2, 0.25) is 0 Å². The number of benzene rings is 1. The van der Waals surface area contributed by atoms with Crippen LogP contribution in [0.15, 0.2) is 35.9 Å². The van der Waals surface area contributed by atoms with E-state index in [1.54, 1.807) is 12.1 Å². The molecule has 1 aliphatic carbocycles. The molecule has 1 aromatic rings. The maximum Gasteiger partial charge on any atom is 0.230 e. The van der Waals surface area contributed by atoms with Gasteiger partial charge >= 0.3 is 0 Å². The largest absolute Gasteiger partial charge is 0.508 e. The van der Waals surface area contributed by atoms with Crippen molar-refractivity contribution < 1.29 is 15.0 Å². The molecule has 1 aromatic carbocycles. The number of hydrogen-bond acceptors (Lipinski definition) is 3. The molecule has 2 rings (SSSR count). The summed E-state index contributed by atoms with van der Waals surface area (Å²) in [6, 6.07) is 6.33. The Morgan fingerprint density at radius 3 is 2.52 bits per heavy atom. The standard InChI is InChI=1S/C17H23NO3/c1-11-8-9-17(2,3)15(20)14(10-11)16(21)18-12-4-6-13(19)7-5-12/h4-8,14-15,19-20H,9-10H2,1-3H3,(H,18,21)/t14-,15?/m0/s1. The highest BCUT2D eigenvalue weighted by Gasteiger charge is 2.39. The average Bonchev–Trinajstić information content (AvgIpc) is 2.53. The van der Waals surface area contributed by atoms with Crippen molar-refractivity contribution in [1.82, 2.24) is 0 Å². The summed E-state index contributed by atoms with van der Waals surface area (Å²) in [6.07, 6.45) is 2.75. The molecular weight excluding hydrogens is 266 g/mol. The molecule has 4 nitrogen and oxygen atoms in total. The van der Waals surface area contributed by atoms with E-state index in [9.17, 15) is 15.0 Å². The third-order valence-electron chi connectivity index (χ3n) is 4.17. The smallest absolute Gasteiger partial charge is 0.230 e. The van der Waals surface area contributed by atoms with Crippen molar-refractivity contribution >= 4 is 11.6 Å². The van der Waals surface area contributed by atoms with Gasteiger partial charge in [0.15, 0.2) is 0 Å². The van der Waals surface area contributed by atoms with Crippen LogP contribution in [0.25, 0.3) is 0 Å². The van der Waals surface area contributed by atoms with E-state index in [1.807, 2.05) is 20.8 Å². The SMILES string of the molecule is CC1=CCC(C)(C)C(O)[C@@H](C(=O)Nc2ccc(O)cc2)C1. The van der Waals surface area contributed by atoms with E-state index in [0.29, 0.717) is 12.1 Å². The number of rotatable bonds is 2. The maximum absolute atomic E-state index is 12.5. The lowest BCUT2D eigenvalue weighted by atomic mass is 9.77. The normalized spacial score (nSPS) is 24.9. The van der Waals surface area contributed by atoms with E-state index in [0.717, 1.165) is 12.0 Å². The molecular formula is C17H23NO3. The summed E-state index contributed by atoms with van der Waals surface area (Å²) in [5, 5.41) is 22.6. The lowest BCUT2D eigenvalue weighted by Gasteiger charge is -2.32. The second kappa shape index (κ2) is 5.90. The third kappa shape index (κ3) is 3.64. The molecule has 0 saturated heterocycles. The predicted molar refractivity (Wildman–Crippen MR) is 83.0 cm³/mol. The van der Waals surface area contributed by atoms with Crippen LogP contribution >= 0.6 is 0 Å². The molecule has 0 saturated carbocycles. The number of hydrogen-bond donors (Lipinski definition) is 3. The Morgan fingerprint density at radius 1 is 1.29 bits per heavy atom. The minimum atomic E-state index is -0.691. The van der Waals surface area contributed by atoms with Gasteiger partial charge in [0.1, 0.15) is 5.75 Å². The van der Waals surface area contributed by atoms with Gasteiger partial charge in [-0.2, -0.15) is 0 Å². The monoisotopic (exact) mass is 289 g/mol. The second-order valence-corrected chi connectivity index (χ2v) is 6.53. The summed E-state index contributed by atoms with van der Waals surface area (Å²) in [7, 11) is 0. The van der Waals surface area contributed by atoms with Crippen molar-refractivity contribution in [2.75, 3.05) is 5.32 Å². The van der Waals surface area contributed by atoms with E-state index in [2.05, 4.69) is 11.4 Å². The van der Waals surface area contributed by atoms with Gasteiger partial charge in [-0.25, -0.2) is 0 Å². The minimum Gasteiger partial charge on any atom is -0.508 e. The van der Waals surface area contributed by atoms with Crippen LogP contribution in [-0.2, 0) is 4.79 Å². The molecule has 0 spiro atoms.